The molecule has 1 saturated heterocycles. The average molecular weight is 456 g/mol. The molecule has 9 nitrogen and oxygen atoms in total. The van der Waals surface area contributed by atoms with Gasteiger partial charge in [-0.1, -0.05) is 22.8 Å². The molecule has 4 heterocycles. The number of carbonyl (C=O) groups excluding carboxylic acids is 1. The summed E-state index contributed by atoms with van der Waals surface area (Å²) in [6.45, 7) is 2.75. The number of piperidine rings is 1. The second kappa shape index (κ2) is 9.13. The number of hydrogen-bond donors (Lipinski definition) is 1. The van der Waals surface area contributed by atoms with Crippen LogP contribution in [-0.4, -0.2) is 58.8 Å². The van der Waals surface area contributed by atoms with Crippen LogP contribution in [0.1, 0.15) is 24.7 Å². The number of amides is 1. The highest BCUT2D eigenvalue weighted by molar-refractivity contribution is 6.34. The summed E-state index contributed by atoms with van der Waals surface area (Å²) in [4.78, 5) is 23.5. The Labute approximate surface area is 189 Å². The fourth-order valence-corrected chi connectivity index (χ4v) is 4.09. The molecule has 1 N–H and O–H groups in total. The van der Waals surface area contributed by atoms with Crippen LogP contribution in [0.3, 0.4) is 0 Å². The maximum atomic E-state index is 12.6. The third-order valence-corrected chi connectivity index (χ3v) is 5.86. The lowest BCUT2D eigenvalue weighted by Crippen LogP contribution is -2.38. The summed E-state index contributed by atoms with van der Waals surface area (Å²) in [5.41, 5.74) is 1.21. The summed E-state index contributed by atoms with van der Waals surface area (Å²) in [5, 5.41) is 7.35. The van der Waals surface area contributed by atoms with E-state index in [1.165, 1.54) is 0 Å². The maximum Gasteiger partial charge on any atom is 0.238 e. The fourth-order valence-electron chi connectivity index (χ4n) is 3.89. The van der Waals surface area contributed by atoms with E-state index in [0.29, 0.717) is 52.8 Å². The van der Waals surface area contributed by atoms with Gasteiger partial charge in [0.15, 0.2) is 11.5 Å². The Balaban J connectivity index is 1.14. The quantitative estimate of drug-likeness (QED) is 0.624. The molecule has 0 saturated carbocycles. The third kappa shape index (κ3) is 4.53. The average Bonchev–Trinajstić information content (AvgIpc) is 3.31. The predicted molar refractivity (Wildman–Crippen MR) is 117 cm³/mol. The molecule has 2 aliphatic heterocycles. The van der Waals surface area contributed by atoms with E-state index >= 15 is 0 Å². The van der Waals surface area contributed by atoms with Crippen LogP contribution < -0.4 is 14.8 Å². The molecule has 10 heteroatoms. The summed E-state index contributed by atoms with van der Waals surface area (Å²) in [6.07, 6.45) is 3.37. The molecule has 2 aliphatic rings. The zero-order valence-corrected chi connectivity index (χ0v) is 18.0. The van der Waals surface area contributed by atoms with Gasteiger partial charge in [-0.05, 0) is 38.1 Å². The van der Waals surface area contributed by atoms with Crippen molar-refractivity contribution in [2.75, 3.05) is 38.2 Å². The van der Waals surface area contributed by atoms with E-state index in [-0.39, 0.29) is 18.4 Å². The normalized spacial score (nSPS) is 16.7. The minimum absolute atomic E-state index is 0.128. The molecule has 0 aliphatic carbocycles. The lowest BCUT2D eigenvalue weighted by Gasteiger charge is -2.29. The molecule has 32 heavy (non-hydrogen) atoms. The molecule has 0 radical (unpaired) electrons. The third-order valence-electron chi connectivity index (χ3n) is 5.55. The Kier molecular flexibility index (Phi) is 5.91. The van der Waals surface area contributed by atoms with Gasteiger partial charge in [-0.15, -0.1) is 0 Å². The second-order valence-electron chi connectivity index (χ2n) is 7.75. The van der Waals surface area contributed by atoms with Gasteiger partial charge in [-0.25, -0.2) is 0 Å². The Bertz CT molecular complexity index is 1100. The van der Waals surface area contributed by atoms with Crippen molar-refractivity contribution in [3.05, 3.63) is 47.4 Å². The zero-order valence-electron chi connectivity index (χ0n) is 17.3. The monoisotopic (exact) mass is 455 g/mol. The first kappa shape index (κ1) is 20.7. The van der Waals surface area contributed by atoms with Crippen LogP contribution in [0.25, 0.3) is 11.5 Å². The Morgan fingerprint density at radius 2 is 1.94 bits per heavy atom. The van der Waals surface area contributed by atoms with E-state index in [1.807, 2.05) is 18.2 Å². The minimum atomic E-state index is -0.128. The van der Waals surface area contributed by atoms with Gasteiger partial charge in [0.25, 0.3) is 0 Å². The number of nitrogens with one attached hydrogen (secondary N) is 1. The highest BCUT2D eigenvalue weighted by atomic mass is 35.5. The van der Waals surface area contributed by atoms with Crippen molar-refractivity contribution in [3.8, 4) is 23.0 Å². The summed E-state index contributed by atoms with van der Waals surface area (Å²) >= 11 is 6.29. The van der Waals surface area contributed by atoms with Crippen molar-refractivity contribution in [1.82, 2.24) is 20.0 Å². The molecular weight excluding hydrogens is 434 g/mol. The van der Waals surface area contributed by atoms with Crippen LogP contribution in [0.5, 0.6) is 11.5 Å². The molecule has 166 valence electrons. The number of anilines is 1. The number of carbonyl (C=O) groups is 1. The molecule has 5 rings (SSSR count). The predicted octanol–water partition coefficient (Wildman–Crippen LogP) is 3.37. The molecule has 3 aromatic rings. The number of ether oxygens (including phenoxy) is 2. The van der Waals surface area contributed by atoms with Crippen molar-refractivity contribution < 1.29 is 18.8 Å². The summed E-state index contributed by atoms with van der Waals surface area (Å²) in [5.74, 6) is 2.34. The number of halogens is 1. The first-order valence-corrected chi connectivity index (χ1v) is 10.9. The number of hydrogen-bond acceptors (Lipinski definition) is 8. The highest BCUT2D eigenvalue weighted by Gasteiger charge is 2.27. The van der Waals surface area contributed by atoms with E-state index in [2.05, 4.69) is 25.3 Å². The van der Waals surface area contributed by atoms with Gasteiger partial charge in [-0.3, -0.25) is 14.7 Å². The van der Waals surface area contributed by atoms with Gasteiger partial charge >= 0.3 is 0 Å². The van der Waals surface area contributed by atoms with Crippen LogP contribution in [0.2, 0.25) is 5.02 Å². The molecule has 2 aromatic heterocycles. The van der Waals surface area contributed by atoms with Crippen LogP contribution in [-0.2, 0) is 4.79 Å². The molecule has 0 unspecified atom stereocenters. The fraction of sp³-hybridized carbons (Fsp3) is 0.364. The van der Waals surface area contributed by atoms with Gasteiger partial charge in [0.2, 0.25) is 17.6 Å². The van der Waals surface area contributed by atoms with E-state index < -0.39 is 0 Å². The zero-order chi connectivity index (χ0) is 21.9. The summed E-state index contributed by atoms with van der Waals surface area (Å²) in [6, 6.07) is 8.96. The molecule has 1 fully saturated rings. The van der Waals surface area contributed by atoms with E-state index in [9.17, 15) is 4.79 Å². The van der Waals surface area contributed by atoms with Crippen LogP contribution >= 0.6 is 11.6 Å². The van der Waals surface area contributed by atoms with Crippen molar-refractivity contribution in [3.63, 3.8) is 0 Å². The van der Waals surface area contributed by atoms with Crippen molar-refractivity contribution in [2.45, 2.75) is 18.8 Å². The number of nitrogens with zero attached hydrogens (tertiary/aromatic N) is 4. The highest BCUT2D eigenvalue weighted by Crippen LogP contribution is 2.38. The first-order valence-electron chi connectivity index (χ1n) is 10.5. The van der Waals surface area contributed by atoms with Gasteiger partial charge in [0, 0.05) is 24.2 Å². The number of benzene rings is 1. The van der Waals surface area contributed by atoms with Gasteiger partial charge in [-0.2, -0.15) is 4.98 Å². The van der Waals surface area contributed by atoms with Crippen molar-refractivity contribution >= 4 is 23.2 Å². The number of pyridine rings is 1. The first-order chi connectivity index (χ1) is 15.7. The number of likely N-dealkylation sites (tertiary alicyclic amines) is 1. The summed E-state index contributed by atoms with van der Waals surface area (Å²) in [7, 11) is 0. The van der Waals surface area contributed by atoms with Crippen molar-refractivity contribution in [1.29, 1.82) is 0 Å². The van der Waals surface area contributed by atoms with E-state index in [4.69, 9.17) is 25.6 Å². The minimum Gasteiger partial charge on any atom is -0.486 e. The Morgan fingerprint density at radius 1 is 1.16 bits per heavy atom. The SMILES string of the molecule is O=C(CN1CCC(c2nc(-c3ccccn3)no2)CC1)Nc1cc2c(cc1Cl)OCCO2. The van der Waals surface area contributed by atoms with E-state index in [1.54, 1.807) is 18.3 Å². The lowest BCUT2D eigenvalue weighted by atomic mass is 9.97. The van der Waals surface area contributed by atoms with Gasteiger partial charge in [0.05, 0.1) is 17.3 Å². The topological polar surface area (TPSA) is 103 Å². The number of rotatable bonds is 5. The molecule has 1 aromatic carbocycles. The van der Waals surface area contributed by atoms with Crippen LogP contribution in [0, 0.1) is 0 Å². The molecule has 0 atom stereocenters. The van der Waals surface area contributed by atoms with Gasteiger partial charge < -0.3 is 19.3 Å². The lowest BCUT2D eigenvalue weighted by molar-refractivity contribution is -0.117. The molecule has 0 spiro atoms. The molecular formula is C22H22ClN5O4. The van der Waals surface area contributed by atoms with E-state index in [0.717, 1.165) is 25.9 Å². The van der Waals surface area contributed by atoms with Crippen molar-refractivity contribution in [2.24, 2.45) is 0 Å². The number of aromatic nitrogens is 3. The summed E-state index contributed by atoms with van der Waals surface area (Å²) < 4.78 is 16.5. The maximum absolute atomic E-state index is 12.6. The number of fused-ring (bicyclic) bond motifs is 1. The molecule has 0 bridgehead atoms. The standard InChI is InChI=1S/C22H22ClN5O4/c23-15-11-18-19(31-10-9-30-18)12-17(15)25-20(29)13-28-7-4-14(5-8-28)22-26-21(27-32-22)16-3-1-2-6-24-16/h1-3,6,11-12,14H,4-5,7-10,13H2,(H,25,29). The van der Waals surface area contributed by atoms with Crippen LogP contribution in [0.4, 0.5) is 5.69 Å². The van der Waals surface area contributed by atoms with Crippen LogP contribution in [0.15, 0.2) is 41.1 Å². The molecule has 1 amide bonds. The largest absolute Gasteiger partial charge is 0.486 e. The second-order valence-corrected chi connectivity index (χ2v) is 8.15. The Morgan fingerprint density at radius 3 is 2.69 bits per heavy atom. The Hall–Kier alpha value is -3.17. The smallest absolute Gasteiger partial charge is 0.238 e. The van der Waals surface area contributed by atoms with Gasteiger partial charge in [0.1, 0.15) is 18.9 Å².